The van der Waals surface area contributed by atoms with Crippen LogP contribution >= 0.6 is 15.9 Å². The van der Waals surface area contributed by atoms with Gasteiger partial charge in [-0.25, -0.2) is 8.42 Å². The zero-order chi connectivity index (χ0) is 12.4. The molecule has 1 aromatic rings. The number of halogens is 1. The van der Waals surface area contributed by atoms with Crippen molar-refractivity contribution in [2.45, 2.75) is 19.3 Å². The van der Waals surface area contributed by atoms with Crippen LogP contribution in [0, 0.1) is 0 Å². The lowest BCUT2D eigenvalue weighted by atomic mass is 9.87. The third-order valence-corrected chi connectivity index (χ3v) is 4.55. The third-order valence-electron chi connectivity index (χ3n) is 2.42. The van der Waals surface area contributed by atoms with Gasteiger partial charge in [0.15, 0.2) is 9.84 Å². The molecule has 1 rings (SSSR count). The van der Waals surface area contributed by atoms with Gasteiger partial charge in [0.1, 0.15) is 0 Å². The number of rotatable bonds is 4. The van der Waals surface area contributed by atoms with E-state index in [9.17, 15) is 8.42 Å². The van der Waals surface area contributed by atoms with Gasteiger partial charge in [0.05, 0.1) is 5.75 Å². The molecule has 0 heterocycles. The van der Waals surface area contributed by atoms with Gasteiger partial charge in [0.2, 0.25) is 0 Å². The lowest BCUT2D eigenvalue weighted by Crippen LogP contribution is -2.27. The monoisotopic (exact) mass is 302 g/mol. The summed E-state index contributed by atoms with van der Waals surface area (Å²) in [5.74, 6) is 0.0694. The Morgan fingerprint density at radius 1 is 1.44 bits per heavy atom. The van der Waals surface area contributed by atoms with Gasteiger partial charge in [-0.3, -0.25) is 0 Å². The highest BCUT2D eigenvalue weighted by molar-refractivity contribution is 9.10. The summed E-state index contributed by atoms with van der Waals surface area (Å²) in [7, 11) is -3.19. The van der Waals surface area contributed by atoms with Gasteiger partial charge in [-0.15, -0.1) is 0 Å². The first-order chi connectivity index (χ1) is 7.27. The standard InChI is InChI=1S/C12H15BrO2S/c1-4-16(14,15)9-12(2,3)10-6-5-7-11(13)8-10/h4-8H,1,9H2,2-3H3. The Morgan fingerprint density at radius 2 is 2.06 bits per heavy atom. The maximum Gasteiger partial charge on any atom is 0.171 e. The fourth-order valence-electron chi connectivity index (χ4n) is 1.55. The molecular weight excluding hydrogens is 288 g/mol. The van der Waals surface area contributed by atoms with Gasteiger partial charge in [-0.05, 0) is 17.7 Å². The summed E-state index contributed by atoms with van der Waals surface area (Å²) in [5.41, 5.74) is 0.573. The summed E-state index contributed by atoms with van der Waals surface area (Å²) in [5, 5.41) is 1.02. The van der Waals surface area contributed by atoms with E-state index in [1.165, 1.54) is 0 Å². The van der Waals surface area contributed by atoms with Crippen molar-refractivity contribution in [1.82, 2.24) is 0 Å². The number of benzene rings is 1. The van der Waals surface area contributed by atoms with E-state index < -0.39 is 15.3 Å². The van der Waals surface area contributed by atoms with Gasteiger partial charge in [-0.2, -0.15) is 0 Å². The fraction of sp³-hybridized carbons (Fsp3) is 0.333. The lowest BCUT2D eigenvalue weighted by Gasteiger charge is -2.24. The Kier molecular flexibility index (Phi) is 3.97. The van der Waals surface area contributed by atoms with Crippen molar-refractivity contribution in [3.05, 3.63) is 46.3 Å². The second-order valence-corrected chi connectivity index (χ2v) is 7.23. The van der Waals surface area contributed by atoms with E-state index >= 15 is 0 Å². The molecule has 0 saturated heterocycles. The molecule has 0 aliphatic heterocycles. The topological polar surface area (TPSA) is 34.1 Å². The number of hydrogen-bond acceptors (Lipinski definition) is 2. The molecule has 4 heteroatoms. The average molecular weight is 303 g/mol. The van der Waals surface area contributed by atoms with Crippen LogP contribution in [0.3, 0.4) is 0 Å². The van der Waals surface area contributed by atoms with E-state index in [0.29, 0.717) is 0 Å². The Balaban J connectivity index is 3.07. The summed E-state index contributed by atoms with van der Waals surface area (Å²) in [6.07, 6.45) is 0. The molecule has 0 unspecified atom stereocenters. The van der Waals surface area contributed by atoms with Crippen molar-refractivity contribution in [3.8, 4) is 0 Å². The van der Waals surface area contributed by atoms with Crippen LogP contribution in [-0.4, -0.2) is 14.2 Å². The van der Waals surface area contributed by atoms with Crippen molar-refractivity contribution in [2.24, 2.45) is 0 Å². The normalized spacial score (nSPS) is 12.4. The van der Waals surface area contributed by atoms with Crippen LogP contribution in [0.4, 0.5) is 0 Å². The maximum absolute atomic E-state index is 11.5. The first-order valence-electron chi connectivity index (χ1n) is 4.88. The molecule has 0 atom stereocenters. The predicted molar refractivity (Wildman–Crippen MR) is 71.2 cm³/mol. The van der Waals surface area contributed by atoms with E-state index in [2.05, 4.69) is 22.5 Å². The number of sulfone groups is 1. The summed E-state index contributed by atoms with van der Waals surface area (Å²) < 4.78 is 24.0. The average Bonchev–Trinajstić information content (AvgIpc) is 2.16. The lowest BCUT2D eigenvalue weighted by molar-refractivity contribution is 0.554. The van der Waals surface area contributed by atoms with Gasteiger partial charge >= 0.3 is 0 Å². The Morgan fingerprint density at radius 3 is 2.56 bits per heavy atom. The molecule has 16 heavy (non-hydrogen) atoms. The molecule has 0 fully saturated rings. The van der Waals surface area contributed by atoms with E-state index in [-0.39, 0.29) is 5.75 Å². The highest BCUT2D eigenvalue weighted by Crippen LogP contribution is 2.27. The van der Waals surface area contributed by atoms with E-state index in [4.69, 9.17) is 0 Å². The van der Waals surface area contributed by atoms with E-state index in [1.807, 2.05) is 38.1 Å². The molecule has 0 radical (unpaired) electrons. The molecule has 0 aromatic heterocycles. The minimum absolute atomic E-state index is 0.0694. The highest BCUT2D eigenvalue weighted by atomic mass is 79.9. The van der Waals surface area contributed by atoms with Crippen molar-refractivity contribution in [2.75, 3.05) is 5.75 Å². The summed E-state index contributed by atoms with van der Waals surface area (Å²) >= 11 is 3.38. The van der Waals surface area contributed by atoms with Crippen molar-refractivity contribution < 1.29 is 8.42 Å². The third kappa shape index (κ3) is 3.46. The molecule has 0 saturated carbocycles. The van der Waals surface area contributed by atoms with Gasteiger partial charge in [0.25, 0.3) is 0 Å². The minimum atomic E-state index is -3.19. The SMILES string of the molecule is C=CS(=O)(=O)CC(C)(C)c1cccc(Br)c1. The van der Waals surface area contributed by atoms with Gasteiger partial charge < -0.3 is 0 Å². The Bertz CT molecular complexity index is 489. The van der Waals surface area contributed by atoms with Crippen LogP contribution in [-0.2, 0) is 15.3 Å². The molecule has 0 spiro atoms. The quantitative estimate of drug-likeness (QED) is 0.855. The summed E-state index contributed by atoms with van der Waals surface area (Å²) in [6, 6.07) is 7.70. The highest BCUT2D eigenvalue weighted by Gasteiger charge is 2.26. The van der Waals surface area contributed by atoms with Crippen LogP contribution in [0.1, 0.15) is 19.4 Å². The van der Waals surface area contributed by atoms with Crippen LogP contribution in [0.2, 0.25) is 0 Å². The molecule has 2 nitrogen and oxygen atoms in total. The maximum atomic E-state index is 11.5. The smallest absolute Gasteiger partial charge is 0.171 e. The fourth-order valence-corrected chi connectivity index (χ4v) is 3.24. The zero-order valence-electron chi connectivity index (χ0n) is 9.40. The molecule has 1 aromatic carbocycles. The van der Waals surface area contributed by atoms with Crippen LogP contribution in [0.15, 0.2) is 40.7 Å². The minimum Gasteiger partial charge on any atom is -0.224 e. The molecule has 0 bridgehead atoms. The van der Waals surface area contributed by atoms with Crippen molar-refractivity contribution in [3.63, 3.8) is 0 Å². The molecule has 0 aliphatic carbocycles. The summed E-state index contributed by atoms with van der Waals surface area (Å²) in [6.45, 7) is 7.16. The van der Waals surface area contributed by atoms with Crippen LogP contribution in [0.5, 0.6) is 0 Å². The summed E-state index contributed by atoms with van der Waals surface area (Å²) in [4.78, 5) is 0. The molecule has 0 aliphatic rings. The van der Waals surface area contributed by atoms with Crippen LogP contribution in [0.25, 0.3) is 0 Å². The second-order valence-electron chi connectivity index (χ2n) is 4.37. The number of hydrogen-bond donors (Lipinski definition) is 0. The van der Waals surface area contributed by atoms with Crippen molar-refractivity contribution >= 4 is 25.8 Å². The Labute approximate surface area is 105 Å². The van der Waals surface area contributed by atoms with Gasteiger partial charge in [-0.1, -0.05) is 48.5 Å². The van der Waals surface area contributed by atoms with Crippen molar-refractivity contribution in [1.29, 1.82) is 0 Å². The molecule has 0 N–H and O–H groups in total. The molecular formula is C12H15BrO2S. The molecule has 0 amide bonds. The Hall–Kier alpha value is -0.610. The van der Waals surface area contributed by atoms with E-state index in [1.54, 1.807) is 0 Å². The first-order valence-corrected chi connectivity index (χ1v) is 7.39. The molecule has 88 valence electrons. The van der Waals surface area contributed by atoms with E-state index in [0.717, 1.165) is 15.4 Å². The first kappa shape index (κ1) is 13.5. The predicted octanol–water partition coefficient (Wildman–Crippen LogP) is 3.29. The van der Waals surface area contributed by atoms with Crippen LogP contribution < -0.4 is 0 Å². The second kappa shape index (κ2) is 4.72. The zero-order valence-corrected chi connectivity index (χ0v) is 11.8. The largest absolute Gasteiger partial charge is 0.224 e. The van der Waals surface area contributed by atoms with Gasteiger partial charge in [0, 0.05) is 15.3 Å².